The molecule has 0 saturated carbocycles. The van der Waals surface area contributed by atoms with Gasteiger partial charge >= 0.3 is 6.09 Å². The van der Waals surface area contributed by atoms with Crippen molar-refractivity contribution in [3.8, 4) is 0 Å². The second-order valence-electron chi connectivity index (χ2n) is 15.0. The number of likely N-dealkylation sites (tertiary alicyclic amines) is 2. The molecule has 256 valence electrons. The van der Waals surface area contributed by atoms with Crippen LogP contribution in [0, 0.1) is 5.41 Å². The maximum Gasteiger partial charge on any atom is 0.410 e. The minimum absolute atomic E-state index is 0.0845. The summed E-state index contributed by atoms with van der Waals surface area (Å²) in [5.41, 5.74) is 2.38. The molecular formula is C39H49N3O6. The number of carbonyl (C=O) groups is 5. The highest BCUT2D eigenvalue weighted by molar-refractivity contribution is 5.98. The van der Waals surface area contributed by atoms with Gasteiger partial charge in [0.15, 0.2) is 11.6 Å². The lowest BCUT2D eigenvalue weighted by Crippen LogP contribution is -2.52. The Labute approximate surface area is 284 Å². The van der Waals surface area contributed by atoms with Crippen molar-refractivity contribution in [1.82, 2.24) is 15.1 Å². The molecule has 2 heterocycles. The molecule has 1 N–H and O–H groups in total. The van der Waals surface area contributed by atoms with E-state index in [0.29, 0.717) is 45.2 Å². The molecule has 0 spiro atoms. The average Bonchev–Trinajstić information content (AvgIpc) is 3.80. The zero-order valence-corrected chi connectivity index (χ0v) is 28.9. The molecule has 1 aliphatic carbocycles. The van der Waals surface area contributed by atoms with Crippen LogP contribution >= 0.6 is 0 Å². The van der Waals surface area contributed by atoms with Gasteiger partial charge in [-0.2, -0.15) is 0 Å². The molecule has 9 heteroatoms. The lowest BCUT2D eigenvalue weighted by atomic mass is 9.83. The van der Waals surface area contributed by atoms with Gasteiger partial charge < -0.3 is 15.0 Å². The monoisotopic (exact) mass is 655 g/mol. The van der Waals surface area contributed by atoms with Crippen LogP contribution in [0.3, 0.4) is 0 Å². The van der Waals surface area contributed by atoms with E-state index in [4.69, 9.17) is 4.74 Å². The van der Waals surface area contributed by atoms with Crippen molar-refractivity contribution in [1.29, 1.82) is 0 Å². The van der Waals surface area contributed by atoms with Gasteiger partial charge in [-0.05, 0) is 75.1 Å². The second-order valence-corrected chi connectivity index (χ2v) is 15.0. The van der Waals surface area contributed by atoms with Crippen LogP contribution in [-0.2, 0) is 36.8 Å². The molecule has 3 amide bonds. The smallest absolute Gasteiger partial charge is 0.410 e. The first-order valence-corrected chi connectivity index (χ1v) is 17.2. The SMILES string of the molecule is CC(C)(C)OC(=O)N1CCC[C@H]1C(=O)N1CCC[C@H]1C(=O)CC(C)(C)C(=O)NC(CC1=CCc2ccccc21)C(=O)Cc1ccccc1. The zero-order chi connectivity index (χ0) is 34.6. The van der Waals surface area contributed by atoms with Gasteiger partial charge in [0.1, 0.15) is 11.6 Å². The predicted molar refractivity (Wildman–Crippen MR) is 184 cm³/mol. The van der Waals surface area contributed by atoms with Crippen LogP contribution in [0.15, 0.2) is 60.7 Å². The number of benzene rings is 2. The lowest BCUT2D eigenvalue weighted by molar-refractivity contribution is -0.143. The number of hydrogen-bond donors (Lipinski definition) is 1. The molecule has 9 nitrogen and oxygen atoms in total. The summed E-state index contributed by atoms with van der Waals surface area (Å²) in [5, 5.41) is 3.03. The molecule has 5 rings (SSSR count). The highest BCUT2D eigenvalue weighted by Gasteiger charge is 2.44. The molecule has 3 atom stereocenters. The number of ether oxygens (including phenoxy) is 1. The van der Waals surface area contributed by atoms with Gasteiger partial charge in [0.05, 0.1) is 17.5 Å². The highest BCUT2D eigenvalue weighted by Crippen LogP contribution is 2.33. The molecule has 2 aromatic carbocycles. The number of fused-ring (bicyclic) bond motifs is 1. The Hall–Kier alpha value is -4.27. The van der Waals surface area contributed by atoms with E-state index in [1.165, 1.54) is 10.5 Å². The van der Waals surface area contributed by atoms with Crippen molar-refractivity contribution in [2.75, 3.05) is 13.1 Å². The number of nitrogens with one attached hydrogen (secondary N) is 1. The molecule has 2 aromatic rings. The number of hydrogen-bond acceptors (Lipinski definition) is 6. The number of nitrogens with zero attached hydrogens (tertiary/aromatic N) is 2. The van der Waals surface area contributed by atoms with Crippen molar-refractivity contribution in [3.63, 3.8) is 0 Å². The average molecular weight is 656 g/mol. The van der Waals surface area contributed by atoms with Crippen LogP contribution < -0.4 is 5.32 Å². The van der Waals surface area contributed by atoms with Gasteiger partial charge in [0, 0.05) is 32.4 Å². The summed E-state index contributed by atoms with van der Waals surface area (Å²) in [5.74, 6) is -0.909. The maximum absolute atomic E-state index is 13.9. The Morgan fingerprint density at radius 3 is 2.21 bits per heavy atom. The molecular weight excluding hydrogens is 606 g/mol. The number of rotatable bonds is 11. The first-order chi connectivity index (χ1) is 22.7. The standard InChI is InChI=1S/C39H49N3O6/c1-38(2,3)48-37(47)42-22-12-18-32(42)35(45)41-21-11-17-31(41)34(44)25-39(4,5)36(46)40-30(33(43)23-26-13-7-6-8-14-26)24-28-20-19-27-15-9-10-16-29(27)28/h6-10,13-16,20,30-32H,11-12,17-19,21-25H2,1-5H3,(H,40,46)/t30?,31-,32-/m0/s1. The van der Waals surface area contributed by atoms with Crippen molar-refractivity contribution >= 4 is 35.0 Å². The van der Waals surface area contributed by atoms with E-state index in [1.807, 2.05) is 48.5 Å². The lowest BCUT2D eigenvalue weighted by Gasteiger charge is -2.33. The normalized spacial score (nSPS) is 19.8. The third-order valence-electron chi connectivity index (χ3n) is 9.58. The van der Waals surface area contributed by atoms with Crippen LogP contribution in [0.1, 0.15) is 89.8 Å². The summed E-state index contributed by atoms with van der Waals surface area (Å²) in [4.78, 5) is 71.1. The fraction of sp³-hybridized carbons (Fsp3) is 0.513. The summed E-state index contributed by atoms with van der Waals surface area (Å²) in [7, 11) is 0. The first-order valence-electron chi connectivity index (χ1n) is 17.2. The summed E-state index contributed by atoms with van der Waals surface area (Å²) in [6.07, 6.45) is 5.21. The summed E-state index contributed by atoms with van der Waals surface area (Å²) < 4.78 is 5.55. The first kappa shape index (κ1) is 35.0. The maximum atomic E-state index is 13.9. The van der Waals surface area contributed by atoms with Crippen LogP contribution in [0.5, 0.6) is 0 Å². The Balaban J connectivity index is 1.26. The summed E-state index contributed by atoms with van der Waals surface area (Å²) >= 11 is 0. The Morgan fingerprint density at radius 2 is 1.50 bits per heavy atom. The fourth-order valence-electron chi connectivity index (χ4n) is 7.04. The molecule has 48 heavy (non-hydrogen) atoms. The molecule has 2 fully saturated rings. The van der Waals surface area contributed by atoms with Crippen molar-refractivity contribution in [2.24, 2.45) is 5.41 Å². The van der Waals surface area contributed by atoms with E-state index in [0.717, 1.165) is 23.1 Å². The van der Waals surface area contributed by atoms with Crippen LogP contribution in [-0.4, -0.2) is 76.1 Å². The van der Waals surface area contributed by atoms with Gasteiger partial charge in [0.25, 0.3) is 0 Å². The third kappa shape index (κ3) is 8.23. The number of allylic oxidation sites excluding steroid dienone is 1. The third-order valence-corrected chi connectivity index (χ3v) is 9.58. The molecule has 2 saturated heterocycles. The van der Waals surface area contributed by atoms with Crippen molar-refractivity contribution in [2.45, 2.75) is 110 Å². The Morgan fingerprint density at radius 1 is 0.854 bits per heavy atom. The number of ketones is 2. The van der Waals surface area contributed by atoms with Crippen LogP contribution in [0.25, 0.3) is 5.57 Å². The summed E-state index contributed by atoms with van der Waals surface area (Å²) in [6, 6.07) is 15.5. The molecule has 0 bridgehead atoms. The van der Waals surface area contributed by atoms with E-state index in [9.17, 15) is 24.0 Å². The molecule has 0 aromatic heterocycles. The zero-order valence-electron chi connectivity index (χ0n) is 28.9. The van der Waals surface area contributed by atoms with E-state index >= 15 is 0 Å². The highest BCUT2D eigenvalue weighted by atomic mass is 16.6. The van der Waals surface area contributed by atoms with E-state index in [-0.39, 0.29) is 36.2 Å². The number of Topliss-reactive ketones (excluding diaryl/α,β-unsaturated/α-hetero) is 2. The number of carbonyl (C=O) groups excluding carboxylic acids is 5. The van der Waals surface area contributed by atoms with Gasteiger partial charge in [0.2, 0.25) is 11.8 Å². The fourth-order valence-corrected chi connectivity index (χ4v) is 7.04. The van der Waals surface area contributed by atoms with Crippen molar-refractivity contribution < 1.29 is 28.7 Å². The van der Waals surface area contributed by atoms with Gasteiger partial charge in [-0.3, -0.25) is 24.1 Å². The minimum atomic E-state index is -1.13. The van der Waals surface area contributed by atoms with E-state index in [1.54, 1.807) is 39.5 Å². The largest absolute Gasteiger partial charge is 0.444 e. The van der Waals surface area contributed by atoms with Gasteiger partial charge in [-0.15, -0.1) is 0 Å². The van der Waals surface area contributed by atoms with E-state index in [2.05, 4.69) is 17.5 Å². The topological polar surface area (TPSA) is 113 Å². The molecule has 0 radical (unpaired) electrons. The van der Waals surface area contributed by atoms with E-state index < -0.39 is 35.2 Å². The van der Waals surface area contributed by atoms with Gasteiger partial charge in [-0.1, -0.05) is 74.5 Å². The predicted octanol–water partition coefficient (Wildman–Crippen LogP) is 5.69. The Kier molecular flexibility index (Phi) is 10.6. The van der Waals surface area contributed by atoms with Crippen molar-refractivity contribution in [3.05, 3.63) is 77.4 Å². The molecule has 1 unspecified atom stereocenters. The Bertz CT molecular complexity index is 1570. The van der Waals surface area contributed by atoms with Gasteiger partial charge in [-0.25, -0.2) is 4.79 Å². The summed E-state index contributed by atoms with van der Waals surface area (Å²) in [6.45, 7) is 9.65. The quantitative estimate of drug-likeness (QED) is 0.333. The van der Waals surface area contributed by atoms with Crippen LogP contribution in [0.2, 0.25) is 0 Å². The molecule has 2 aliphatic heterocycles. The van der Waals surface area contributed by atoms with Crippen LogP contribution in [0.4, 0.5) is 4.79 Å². The number of amides is 3. The minimum Gasteiger partial charge on any atom is -0.444 e. The second kappa shape index (κ2) is 14.5. The molecule has 3 aliphatic rings.